The van der Waals surface area contributed by atoms with Gasteiger partial charge in [0.1, 0.15) is 12.4 Å². The van der Waals surface area contributed by atoms with Gasteiger partial charge in [-0.05, 0) is 13.0 Å². The first-order valence-electron chi connectivity index (χ1n) is 6.73. The molecule has 0 aliphatic carbocycles. The molecular formula is C15H20N4O. The van der Waals surface area contributed by atoms with E-state index in [0.717, 1.165) is 17.8 Å². The molecule has 5 heteroatoms. The van der Waals surface area contributed by atoms with Gasteiger partial charge in [-0.3, -0.25) is 4.79 Å². The van der Waals surface area contributed by atoms with Crippen LogP contribution in [-0.2, 0) is 11.3 Å². The number of rotatable bonds is 6. The number of hydrogen-bond acceptors (Lipinski definition) is 3. The van der Waals surface area contributed by atoms with E-state index in [4.69, 9.17) is 5.73 Å². The Labute approximate surface area is 119 Å². The van der Waals surface area contributed by atoms with Crippen molar-refractivity contribution in [1.29, 1.82) is 0 Å². The molecule has 2 N–H and O–H groups in total. The van der Waals surface area contributed by atoms with Crippen LogP contribution in [0.3, 0.4) is 0 Å². The second kappa shape index (κ2) is 6.86. The van der Waals surface area contributed by atoms with Gasteiger partial charge in [0, 0.05) is 31.5 Å². The molecule has 5 nitrogen and oxygen atoms in total. The quantitative estimate of drug-likeness (QED) is 0.863. The number of aromatic nitrogens is 2. The molecule has 0 radical (unpaired) electrons. The Hall–Kier alpha value is -2.14. The van der Waals surface area contributed by atoms with Crippen molar-refractivity contribution in [3.63, 3.8) is 0 Å². The number of benzene rings is 1. The summed E-state index contributed by atoms with van der Waals surface area (Å²) in [4.78, 5) is 18.2. The topological polar surface area (TPSA) is 64.2 Å². The fourth-order valence-corrected chi connectivity index (χ4v) is 2.00. The molecule has 1 aromatic carbocycles. The van der Waals surface area contributed by atoms with E-state index in [1.165, 1.54) is 0 Å². The second-order valence-electron chi connectivity index (χ2n) is 4.70. The number of imidazole rings is 1. The van der Waals surface area contributed by atoms with E-state index in [2.05, 4.69) is 4.98 Å². The molecule has 1 heterocycles. The summed E-state index contributed by atoms with van der Waals surface area (Å²) in [6.45, 7) is 1.58. The van der Waals surface area contributed by atoms with Crippen LogP contribution in [0, 0.1) is 0 Å². The minimum absolute atomic E-state index is 0.0635. The summed E-state index contributed by atoms with van der Waals surface area (Å²) in [7, 11) is 1.80. The first-order chi connectivity index (χ1) is 9.72. The maximum Gasteiger partial charge on any atom is 0.242 e. The first kappa shape index (κ1) is 14.3. The zero-order valence-electron chi connectivity index (χ0n) is 11.7. The van der Waals surface area contributed by atoms with Crippen molar-refractivity contribution in [1.82, 2.24) is 14.5 Å². The lowest BCUT2D eigenvalue weighted by Crippen LogP contribution is -2.32. The number of nitrogens with two attached hydrogens (primary N) is 1. The number of amides is 1. The average Bonchev–Trinajstić information content (AvgIpc) is 2.93. The largest absolute Gasteiger partial charge is 0.344 e. The zero-order chi connectivity index (χ0) is 14.4. The number of carbonyl (C=O) groups excluding carboxylic acids is 1. The average molecular weight is 272 g/mol. The third-order valence-electron chi connectivity index (χ3n) is 3.18. The van der Waals surface area contributed by atoms with Gasteiger partial charge < -0.3 is 15.2 Å². The molecule has 0 atom stereocenters. The van der Waals surface area contributed by atoms with Gasteiger partial charge >= 0.3 is 0 Å². The molecule has 0 unspecified atom stereocenters. The van der Waals surface area contributed by atoms with Gasteiger partial charge in [-0.25, -0.2) is 4.98 Å². The fraction of sp³-hybridized carbons (Fsp3) is 0.333. The smallest absolute Gasteiger partial charge is 0.242 e. The van der Waals surface area contributed by atoms with E-state index in [1.54, 1.807) is 18.1 Å². The highest BCUT2D eigenvalue weighted by atomic mass is 16.2. The van der Waals surface area contributed by atoms with Crippen molar-refractivity contribution in [3.8, 4) is 11.4 Å². The van der Waals surface area contributed by atoms with Crippen LogP contribution in [0.2, 0.25) is 0 Å². The summed E-state index contributed by atoms with van der Waals surface area (Å²) in [6.07, 6.45) is 4.37. The van der Waals surface area contributed by atoms with Crippen molar-refractivity contribution in [2.45, 2.75) is 13.0 Å². The maximum atomic E-state index is 12.1. The standard InChI is InChI=1S/C15H20N4O/c1-18(10-5-8-16)14(20)12-19-11-9-17-15(19)13-6-3-2-4-7-13/h2-4,6-7,9,11H,5,8,10,12,16H2,1H3. The summed E-state index contributed by atoms with van der Waals surface area (Å²) in [5.41, 5.74) is 6.47. The van der Waals surface area contributed by atoms with E-state index in [0.29, 0.717) is 19.6 Å². The van der Waals surface area contributed by atoms with Crippen LogP contribution in [-0.4, -0.2) is 40.5 Å². The summed E-state index contributed by atoms with van der Waals surface area (Å²) >= 11 is 0. The molecule has 0 bridgehead atoms. The van der Waals surface area contributed by atoms with Crippen LogP contribution >= 0.6 is 0 Å². The Bertz CT molecular complexity index is 550. The number of hydrogen-bond donors (Lipinski definition) is 1. The minimum Gasteiger partial charge on any atom is -0.344 e. The third kappa shape index (κ3) is 3.45. The van der Waals surface area contributed by atoms with Crippen LogP contribution in [0.5, 0.6) is 0 Å². The van der Waals surface area contributed by atoms with Crippen molar-refractivity contribution in [2.75, 3.05) is 20.1 Å². The molecule has 2 rings (SSSR count). The van der Waals surface area contributed by atoms with Crippen molar-refractivity contribution >= 4 is 5.91 Å². The van der Waals surface area contributed by atoms with Gasteiger partial charge in [-0.2, -0.15) is 0 Å². The van der Waals surface area contributed by atoms with Gasteiger partial charge in [0.2, 0.25) is 5.91 Å². The molecule has 0 fully saturated rings. The molecule has 0 saturated heterocycles. The molecule has 2 aromatic rings. The number of nitrogens with zero attached hydrogens (tertiary/aromatic N) is 3. The summed E-state index contributed by atoms with van der Waals surface area (Å²) in [5.74, 6) is 0.875. The second-order valence-corrected chi connectivity index (χ2v) is 4.70. The van der Waals surface area contributed by atoms with Gasteiger partial charge in [0.05, 0.1) is 0 Å². The SMILES string of the molecule is CN(CCCN)C(=O)Cn1ccnc1-c1ccccc1. The van der Waals surface area contributed by atoms with Crippen molar-refractivity contribution in [2.24, 2.45) is 5.73 Å². The molecule has 0 aliphatic heterocycles. The lowest BCUT2D eigenvalue weighted by molar-refractivity contribution is -0.130. The van der Waals surface area contributed by atoms with E-state index < -0.39 is 0 Å². The molecule has 106 valence electrons. The molecule has 1 amide bonds. The van der Waals surface area contributed by atoms with Crippen LogP contribution in [0.25, 0.3) is 11.4 Å². The lowest BCUT2D eigenvalue weighted by Gasteiger charge is -2.17. The lowest BCUT2D eigenvalue weighted by atomic mass is 10.2. The summed E-state index contributed by atoms with van der Waals surface area (Å²) in [6, 6.07) is 9.86. The normalized spacial score (nSPS) is 10.5. The summed E-state index contributed by atoms with van der Waals surface area (Å²) < 4.78 is 1.87. The number of likely N-dealkylation sites (N-methyl/N-ethyl adjacent to an activating group) is 1. The molecule has 20 heavy (non-hydrogen) atoms. The Morgan fingerprint density at radius 3 is 2.80 bits per heavy atom. The molecule has 0 aliphatic rings. The van der Waals surface area contributed by atoms with Crippen LogP contribution in [0.15, 0.2) is 42.7 Å². The molecule has 1 aromatic heterocycles. The fourth-order valence-electron chi connectivity index (χ4n) is 2.00. The van der Waals surface area contributed by atoms with Crippen LogP contribution < -0.4 is 5.73 Å². The number of carbonyl (C=O) groups is 1. The predicted molar refractivity (Wildman–Crippen MR) is 79.0 cm³/mol. The Morgan fingerprint density at radius 1 is 1.35 bits per heavy atom. The summed E-state index contributed by atoms with van der Waals surface area (Å²) in [5, 5.41) is 0. The maximum absolute atomic E-state index is 12.1. The molecular weight excluding hydrogens is 252 g/mol. The Morgan fingerprint density at radius 2 is 2.10 bits per heavy atom. The van der Waals surface area contributed by atoms with Crippen LogP contribution in [0.4, 0.5) is 0 Å². The van der Waals surface area contributed by atoms with E-state index in [9.17, 15) is 4.79 Å². The van der Waals surface area contributed by atoms with Crippen molar-refractivity contribution < 1.29 is 4.79 Å². The third-order valence-corrected chi connectivity index (χ3v) is 3.18. The monoisotopic (exact) mass is 272 g/mol. The molecule has 0 spiro atoms. The van der Waals surface area contributed by atoms with E-state index in [-0.39, 0.29) is 5.91 Å². The zero-order valence-corrected chi connectivity index (χ0v) is 11.7. The van der Waals surface area contributed by atoms with E-state index >= 15 is 0 Å². The Kier molecular flexibility index (Phi) is 4.90. The highest BCUT2D eigenvalue weighted by molar-refractivity contribution is 5.76. The predicted octanol–water partition coefficient (Wildman–Crippen LogP) is 1.36. The van der Waals surface area contributed by atoms with Gasteiger partial charge in [-0.15, -0.1) is 0 Å². The first-order valence-corrected chi connectivity index (χ1v) is 6.73. The highest BCUT2D eigenvalue weighted by Gasteiger charge is 2.12. The minimum atomic E-state index is 0.0635. The Balaban J connectivity index is 2.08. The van der Waals surface area contributed by atoms with Gasteiger partial charge in [-0.1, -0.05) is 30.3 Å². The molecule has 0 saturated carbocycles. The van der Waals surface area contributed by atoms with E-state index in [1.807, 2.05) is 41.1 Å². The van der Waals surface area contributed by atoms with Gasteiger partial charge in [0.25, 0.3) is 0 Å². The van der Waals surface area contributed by atoms with Crippen molar-refractivity contribution in [3.05, 3.63) is 42.7 Å². The van der Waals surface area contributed by atoms with Crippen LogP contribution in [0.1, 0.15) is 6.42 Å². The van der Waals surface area contributed by atoms with Gasteiger partial charge in [0.15, 0.2) is 0 Å². The highest BCUT2D eigenvalue weighted by Crippen LogP contribution is 2.16.